The van der Waals surface area contributed by atoms with Crippen LogP contribution in [0, 0.1) is 11.7 Å². The fraction of sp³-hybridized carbons (Fsp3) is 0.467. The minimum atomic E-state index is -1.06. The monoisotopic (exact) mass is 296 g/mol. The Labute approximate surface area is 123 Å². The highest BCUT2D eigenvalue weighted by atomic mass is 19.1. The molecule has 0 aliphatic heterocycles. The number of carbonyl (C=O) groups excluding carboxylic acids is 1. The number of carboxylic acid groups (broad SMARTS) is 1. The van der Waals surface area contributed by atoms with Crippen molar-refractivity contribution in [3.8, 4) is 0 Å². The maximum absolute atomic E-state index is 12.9. The van der Waals surface area contributed by atoms with Gasteiger partial charge >= 0.3 is 12.0 Å². The molecule has 21 heavy (non-hydrogen) atoms. The summed E-state index contributed by atoms with van der Waals surface area (Å²) in [6, 6.07) is 4.04. The Hall–Kier alpha value is -2.11. The minimum Gasteiger partial charge on any atom is -0.480 e. The van der Waals surface area contributed by atoms with Crippen LogP contribution in [-0.4, -0.2) is 29.7 Å². The van der Waals surface area contributed by atoms with Gasteiger partial charge in [0.2, 0.25) is 0 Å². The van der Waals surface area contributed by atoms with Gasteiger partial charge in [-0.05, 0) is 43.5 Å². The van der Waals surface area contributed by atoms with E-state index in [0.29, 0.717) is 18.7 Å². The minimum absolute atomic E-state index is 0.146. The van der Waals surface area contributed by atoms with E-state index in [1.807, 2.05) is 13.8 Å². The van der Waals surface area contributed by atoms with Gasteiger partial charge in [-0.2, -0.15) is 0 Å². The van der Waals surface area contributed by atoms with Crippen LogP contribution in [-0.2, 0) is 4.79 Å². The molecule has 0 unspecified atom stereocenters. The van der Waals surface area contributed by atoms with Crippen LogP contribution in [0.4, 0.5) is 14.9 Å². The Morgan fingerprint density at radius 2 is 1.86 bits per heavy atom. The number of halogens is 1. The second kappa shape index (κ2) is 7.61. The molecule has 2 N–H and O–H groups in total. The van der Waals surface area contributed by atoms with Crippen LogP contribution >= 0.6 is 0 Å². The van der Waals surface area contributed by atoms with Crippen molar-refractivity contribution in [2.24, 2.45) is 5.92 Å². The van der Waals surface area contributed by atoms with Crippen LogP contribution in [0.3, 0.4) is 0 Å². The van der Waals surface area contributed by atoms with E-state index in [1.54, 1.807) is 6.92 Å². The van der Waals surface area contributed by atoms with Crippen LogP contribution in [0.15, 0.2) is 24.3 Å². The summed E-state index contributed by atoms with van der Waals surface area (Å²) in [5, 5.41) is 11.7. The smallest absolute Gasteiger partial charge is 0.326 e. The van der Waals surface area contributed by atoms with E-state index in [1.165, 1.54) is 29.2 Å². The topological polar surface area (TPSA) is 69.6 Å². The van der Waals surface area contributed by atoms with Crippen molar-refractivity contribution in [3.63, 3.8) is 0 Å². The number of carboxylic acids is 1. The number of amides is 2. The normalized spacial score (nSPS) is 12.0. The largest absolute Gasteiger partial charge is 0.480 e. The van der Waals surface area contributed by atoms with E-state index >= 15 is 0 Å². The summed E-state index contributed by atoms with van der Waals surface area (Å²) < 4.78 is 12.9. The van der Waals surface area contributed by atoms with Crippen molar-refractivity contribution in [2.45, 2.75) is 33.2 Å². The van der Waals surface area contributed by atoms with Crippen molar-refractivity contribution in [1.29, 1.82) is 0 Å². The number of anilines is 1. The fourth-order valence-corrected chi connectivity index (χ4v) is 1.98. The van der Waals surface area contributed by atoms with E-state index in [2.05, 4.69) is 5.32 Å². The maximum Gasteiger partial charge on any atom is 0.326 e. The molecule has 1 atom stereocenters. The van der Waals surface area contributed by atoms with Crippen molar-refractivity contribution in [3.05, 3.63) is 30.1 Å². The highest BCUT2D eigenvalue weighted by molar-refractivity contribution is 5.94. The molecule has 1 aromatic rings. The molecule has 5 nitrogen and oxygen atoms in total. The van der Waals surface area contributed by atoms with Crippen LogP contribution in [0.2, 0.25) is 0 Å². The third-order valence-electron chi connectivity index (χ3n) is 3.00. The molecule has 116 valence electrons. The van der Waals surface area contributed by atoms with Gasteiger partial charge < -0.3 is 10.4 Å². The number of benzene rings is 1. The molecule has 0 aliphatic rings. The lowest BCUT2D eigenvalue weighted by Crippen LogP contribution is -2.48. The molecular weight excluding hydrogens is 275 g/mol. The second-order valence-electron chi connectivity index (χ2n) is 5.19. The zero-order chi connectivity index (χ0) is 16.0. The SMILES string of the molecule is CCN(C(=O)N[C@H](CC(C)C)C(=O)O)c1ccc(F)cc1. The first kappa shape index (κ1) is 16.9. The molecule has 0 saturated heterocycles. The summed E-state index contributed by atoms with van der Waals surface area (Å²) in [5.74, 6) is -1.31. The molecule has 0 radical (unpaired) electrons. The quantitative estimate of drug-likeness (QED) is 0.848. The maximum atomic E-state index is 12.9. The Morgan fingerprint density at radius 3 is 2.29 bits per heavy atom. The van der Waals surface area contributed by atoms with Crippen LogP contribution in [0.5, 0.6) is 0 Å². The lowest BCUT2D eigenvalue weighted by atomic mass is 10.0. The molecule has 0 bridgehead atoms. The number of nitrogens with zero attached hydrogens (tertiary/aromatic N) is 1. The second-order valence-corrected chi connectivity index (χ2v) is 5.19. The molecule has 0 spiro atoms. The van der Waals surface area contributed by atoms with Crippen LogP contribution in [0.1, 0.15) is 27.2 Å². The Balaban J connectivity index is 2.82. The predicted molar refractivity (Wildman–Crippen MR) is 78.8 cm³/mol. The number of hydrogen-bond acceptors (Lipinski definition) is 2. The number of nitrogens with one attached hydrogen (secondary N) is 1. The van der Waals surface area contributed by atoms with Crippen molar-refractivity contribution < 1.29 is 19.1 Å². The van der Waals surface area contributed by atoms with Crippen molar-refractivity contribution in [2.75, 3.05) is 11.4 Å². The van der Waals surface area contributed by atoms with E-state index in [-0.39, 0.29) is 5.92 Å². The predicted octanol–water partition coefficient (Wildman–Crippen LogP) is 2.86. The van der Waals surface area contributed by atoms with Gasteiger partial charge in [-0.25, -0.2) is 14.0 Å². The van der Waals surface area contributed by atoms with Crippen molar-refractivity contribution >= 4 is 17.7 Å². The van der Waals surface area contributed by atoms with Gasteiger partial charge in [-0.1, -0.05) is 13.8 Å². The average Bonchev–Trinajstić information content (AvgIpc) is 2.40. The van der Waals surface area contributed by atoms with E-state index < -0.39 is 23.9 Å². The standard InChI is InChI=1S/C15H21FN2O3/c1-4-18(12-7-5-11(16)6-8-12)15(21)17-13(14(19)20)9-10(2)3/h5-8,10,13H,4,9H2,1-3H3,(H,17,21)(H,19,20)/t13-/m1/s1. The highest BCUT2D eigenvalue weighted by Crippen LogP contribution is 2.15. The number of urea groups is 1. The van der Waals surface area contributed by atoms with Gasteiger partial charge in [-0.3, -0.25) is 4.90 Å². The first-order valence-electron chi connectivity index (χ1n) is 6.91. The summed E-state index contributed by atoms with van der Waals surface area (Å²) in [6.45, 7) is 5.89. The fourth-order valence-electron chi connectivity index (χ4n) is 1.98. The van der Waals surface area contributed by atoms with Gasteiger partial charge in [-0.15, -0.1) is 0 Å². The average molecular weight is 296 g/mol. The molecule has 0 heterocycles. The number of hydrogen-bond donors (Lipinski definition) is 2. The van der Waals surface area contributed by atoms with Gasteiger partial charge in [0, 0.05) is 12.2 Å². The number of aliphatic carboxylic acids is 1. The molecule has 0 saturated carbocycles. The van der Waals surface area contributed by atoms with E-state index in [4.69, 9.17) is 5.11 Å². The van der Waals surface area contributed by atoms with E-state index in [0.717, 1.165) is 0 Å². The molecular formula is C15H21FN2O3. The molecule has 0 fully saturated rings. The van der Waals surface area contributed by atoms with Crippen LogP contribution in [0.25, 0.3) is 0 Å². The third-order valence-corrected chi connectivity index (χ3v) is 3.00. The molecule has 0 aromatic heterocycles. The highest BCUT2D eigenvalue weighted by Gasteiger charge is 2.24. The van der Waals surface area contributed by atoms with E-state index in [9.17, 15) is 14.0 Å². The Morgan fingerprint density at radius 1 is 1.29 bits per heavy atom. The van der Waals surface area contributed by atoms with Gasteiger partial charge in [0.05, 0.1) is 0 Å². The molecule has 1 rings (SSSR count). The zero-order valence-electron chi connectivity index (χ0n) is 12.5. The Bertz CT molecular complexity index is 488. The van der Waals surface area contributed by atoms with Crippen molar-refractivity contribution in [1.82, 2.24) is 5.32 Å². The zero-order valence-corrected chi connectivity index (χ0v) is 12.5. The van der Waals surface area contributed by atoms with Gasteiger partial charge in [0.25, 0.3) is 0 Å². The first-order chi connectivity index (χ1) is 9.85. The summed E-state index contributed by atoms with van der Waals surface area (Å²) in [4.78, 5) is 24.8. The van der Waals surface area contributed by atoms with Crippen LogP contribution < -0.4 is 10.2 Å². The summed E-state index contributed by atoms with van der Waals surface area (Å²) in [7, 11) is 0. The summed E-state index contributed by atoms with van der Waals surface area (Å²) in [6.07, 6.45) is 0.349. The molecule has 6 heteroatoms. The molecule has 0 aliphatic carbocycles. The lowest BCUT2D eigenvalue weighted by Gasteiger charge is -2.24. The summed E-state index contributed by atoms with van der Waals surface area (Å²) in [5.41, 5.74) is 0.519. The molecule has 2 amide bonds. The van der Waals surface area contributed by atoms with Gasteiger partial charge in [0.15, 0.2) is 0 Å². The number of carbonyl (C=O) groups is 2. The van der Waals surface area contributed by atoms with Gasteiger partial charge in [0.1, 0.15) is 11.9 Å². The first-order valence-corrected chi connectivity index (χ1v) is 6.91. The molecule has 1 aromatic carbocycles. The Kier molecular flexibility index (Phi) is 6.14. The third kappa shape index (κ3) is 5.06. The summed E-state index contributed by atoms with van der Waals surface area (Å²) >= 11 is 0. The lowest BCUT2D eigenvalue weighted by molar-refractivity contribution is -0.139. The number of rotatable bonds is 6.